The molecule has 0 unspecified atom stereocenters. The molecule has 8 heteroatoms. The number of anilines is 1. The number of hydrogen-bond donors (Lipinski definition) is 2. The molecule has 4 nitrogen and oxygen atoms in total. The molecule has 2 N–H and O–H groups in total. The molecule has 0 saturated carbocycles. The van der Waals surface area contributed by atoms with Crippen LogP contribution in [0.15, 0.2) is 32.9 Å². The molecular formula is C13H14BrClN2O2S2. The highest BCUT2D eigenvalue weighted by atomic mass is 79.9. The SMILES string of the molecule is CNCc1sccc1S(=O)(=O)Nc1cc(Cl)c(C)cc1Br. The Morgan fingerprint density at radius 2 is 2.10 bits per heavy atom. The second-order valence-corrected chi connectivity index (χ2v) is 8.34. The smallest absolute Gasteiger partial charge is 0.263 e. The van der Waals surface area contributed by atoms with Gasteiger partial charge in [-0.15, -0.1) is 11.3 Å². The molecular weight excluding hydrogens is 396 g/mol. The number of aryl methyl sites for hydroxylation is 1. The van der Waals surface area contributed by atoms with Gasteiger partial charge in [0.1, 0.15) is 4.90 Å². The normalized spacial score (nSPS) is 11.6. The fourth-order valence-electron chi connectivity index (χ4n) is 1.78. The molecule has 0 spiro atoms. The number of halogens is 2. The maximum atomic E-state index is 12.5. The molecule has 1 aromatic heterocycles. The van der Waals surface area contributed by atoms with Gasteiger partial charge < -0.3 is 5.32 Å². The molecule has 0 radical (unpaired) electrons. The maximum Gasteiger partial charge on any atom is 0.263 e. The van der Waals surface area contributed by atoms with Gasteiger partial charge in [-0.1, -0.05) is 11.6 Å². The van der Waals surface area contributed by atoms with Crippen LogP contribution >= 0.6 is 38.9 Å². The average molecular weight is 410 g/mol. The summed E-state index contributed by atoms with van der Waals surface area (Å²) >= 11 is 10.8. The molecule has 0 aliphatic rings. The lowest BCUT2D eigenvalue weighted by Crippen LogP contribution is -2.16. The minimum absolute atomic E-state index is 0.283. The first-order valence-corrected chi connectivity index (χ1v) is 9.58. The van der Waals surface area contributed by atoms with E-state index in [1.807, 2.05) is 6.92 Å². The first-order chi connectivity index (χ1) is 9.85. The summed E-state index contributed by atoms with van der Waals surface area (Å²) in [6, 6.07) is 4.98. The third-order valence-electron chi connectivity index (χ3n) is 2.82. The van der Waals surface area contributed by atoms with Gasteiger partial charge >= 0.3 is 0 Å². The van der Waals surface area contributed by atoms with Gasteiger partial charge in [0.15, 0.2) is 0 Å². The predicted octanol–water partition coefficient (Wildman–Crippen LogP) is 3.99. The van der Waals surface area contributed by atoms with Crippen molar-refractivity contribution in [2.24, 2.45) is 0 Å². The van der Waals surface area contributed by atoms with Gasteiger partial charge in [-0.3, -0.25) is 4.72 Å². The van der Waals surface area contributed by atoms with Crippen molar-refractivity contribution < 1.29 is 8.42 Å². The van der Waals surface area contributed by atoms with Crippen LogP contribution in [0, 0.1) is 6.92 Å². The highest BCUT2D eigenvalue weighted by Gasteiger charge is 2.21. The minimum atomic E-state index is -3.64. The van der Waals surface area contributed by atoms with Gasteiger partial charge in [0.2, 0.25) is 0 Å². The van der Waals surface area contributed by atoms with E-state index >= 15 is 0 Å². The molecule has 0 atom stereocenters. The predicted molar refractivity (Wildman–Crippen MR) is 91.8 cm³/mol. The van der Waals surface area contributed by atoms with Crippen molar-refractivity contribution in [3.8, 4) is 0 Å². The van der Waals surface area contributed by atoms with Crippen LogP contribution in [0.2, 0.25) is 5.02 Å². The number of benzene rings is 1. The topological polar surface area (TPSA) is 58.2 Å². The lowest BCUT2D eigenvalue weighted by molar-refractivity contribution is 0.600. The third-order valence-corrected chi connectivity index (χ3v) is 6.39. The summed E-state index contributed by atoms with van der Waals surface area (Å²) in [6.07, 6.45) is 0. The summed E-state index contributed by atoms with van der Waals surface area (Å²) in [5.74, 6) is 0. The minimum Gasteiger partial charge on any atom is -0.315 e. The van der Waals surface area contributed by atoms with Crippen molar-refractivity contribution in [1.82, 2.24) is 5.32 Å². The molecule has 0 amide bonds. The Bertz CT molecular complexity index is 760. The van der Waals surface area contributed by atoms with E-state index in [0.29, 0.717) is 21.7 Å². The number of hydrogen-bond acceptors (Lipinski definition) is 4. The van der Waals surface area contributed by atoms with E-state index in [9.17, 15) is 8.42 Å². The first-order valence-electron chi connectivity index (χ1n) is 6.04. The second-order valence-electron chi connectivity index (χ2n) is 4.43. The van der Waals surface area contributed by atoms with Crippen LogP contribution in [0.4, 0.5) is 5.69 Å². The lowest BCUT2D eigenvalue weighted by atomic mass is 10.2. The molecule has 0 aliphatic heterocycles. The fraction of sp³-hybridized carbons (Fsp3) is 0.231. The maximum absolute atomic E-state index is 12.5. The number of sulfonamides is 1. The van der Waals surface area contributed by atoms with Gasteiger partial charge in [0.05, 0.1) is 5.69 Å². The zero-order chi connectivity index (χ0) is 15.6. The molecule has 0 bridgehead atoms. The molecule has 1 aromatic carbocycles. The van der Waals surface area contributed by atoms with Crippen molar-refractivity contribution in [3.63, 3.8) is 0 Å². The molecule has 1 heterocycles. The van der Waals surface area contributed by atoms with Crippen LogP contribution in [0.25, 0.3) is 0 Å². The van der Waals surface area contributed by atoms with E-state index in [0.717, 1.165) is 10.4 Å². The largest absolute Gasteiger partial charge is 0.315 e. The quantitative estimate of drug-likeness (QED) is 0.785. The van der Waals surface area contributed by atoms with Crippen molar-refractivity contribution >= 4 is 54.6 Å². The van der Waals surface area contributed by atoms with E-state index < -0.39 is 10.0 Å². The van der Waals surface area contributed by atoms with Crippen LogP contribution in [0.1, 0.15) is 10.4 Å². The second kappa shape index (κ2) is 6.66. The lowest BCUT2D eigenvalue weighted by Gasteiger charge is -2.12. The number of nitrogens with one attached hydrogen (secondary N) is 2. The summed E-state index contributed by atoms with van der Waals surface area (Å²) in [4.78, 5) is 1.05. The molecule has 0 fully saturated rings. The van der Waals surface area contributed by atoms with Crippen LogP contribution in [-0.2, 0) is 16.6 Å². The van der Waals surface area contributed by atoms with E-state index in [2.05, 4.69) is 26.0 Å². The van der Waals surface area contributed by atoms with Gasteiger partial charge in [0.25, 0.3) is 10.0 Å². The Labute approximate surface area is 141 Å². The molecule has 0 aliphatic carbocycles. The van der Waals surface area contributed by atoms with E-state index in [-0.39, 0.29) is 4.90 Å². The summed E-state index contributed by atoms with van der Waals surface area (Å²) in [5, 5.41) is 5.24. The molecule has 2 aromatic rings. The van der Waals surface area contributed by atoms with Gasteiger partial charge in [-0.25, -0.2) is 8.42 Å². The van der Waals surface area contributed by atoms with Crippen molar-refractivity contribution in [2.75, 3.05) is 11.8 Å². The van der Waals surface area contributed by atoms with Crippen LogP contribution in [0.5, 0.6) is 0 Å². The highest BCUT2D eigenvalue weighted by Crippen LogP contribution is 2.32. The Kier molecular flexibility index (Phi) is 5.32. The Balaban J connectivity index is 2.38. The summed E-state index contributed by atoms with van der Waals surface area (Å²) in [7, 11) is -1.87. The van der Waals surface area contributed by atoms with E-state index in [1.165, 1.54) is 11.3 Å². The van der Waals surface area contributed by atoms with Crippen molar-refractivity contribution in [1.29, 1.82) is 0 Å². The van der Waals surface area contributed by atoms with Crippen LogP contribution < -0.4 is 10.0 Å². The number of thiophene rings is 1. The van der Waals surface area contributed by atoms with E-state index in [1.54, 1.807) is 30.6 Å². The summed E-state index contributed by atoms with van der Waals surface area (Å²) in [6.45, 7) is 2.36. The zero-order valence-corrected chi connectivity index (χ0v) is 15.4. The fourth-order valence-corrected chi connectivity index (χ4v) is 5.16. The molecule has 21 heavy (non-hydrogen) atoms. The standard InChI is InChI=1S/C13H14BrClN2O2S2/c1-8-5-9(14)11(6-10(8)15)17-21(18,19)13-3-4-20-12(13)7-16-2/h3-6,16-17H,7H2,1-2H3. The van der Waals surface area contributed by atoms with Crippen LogP contribution in [-0.4, -0.2) is 15.5 Å². The van der Waals surface area contributed by atoms with Gasteiger partial charge in [0, 0.05) is 20.9 Å². The zero-order valence-electron chi connectivity index (χ0n) is 11.4. The molecule has 0 saturated heterocycles. The van der Waals surface area contributed by atoms with Gasteiger partial charge in [-0.05, 0) is 59.0 Å². The average Bonchev–Trinajstić information content (AvgIpc) is 2.85. The monoisotopic (exact) mass is 408 g/mol. The first kappa shape index (κ1) is 16.8. The summed E-state index contributed by atoms with van der Waals surface area (Å²) in [5.41, 5.74) is 1.30. The van der Waals surface area contributed by atoms with E-state index in [4.69, 9.17) is 11.6 Å². The van der Waals surface area contributed by atoms with Crippen molar-refractivity contribution in [3.05, 3.63) is 43.5 Å². The molecule has 114 valence electrons. The third kappa shape index (κ3) is 3.78. The highest BCUT2D eigenvalue weighted by molar-refractivity contribution is 9.10. The Morgan fingerprint density at radius 3 is 2.76 bits per heavy atom. The Morgan fingerprint density at radius 1 is 1.38 bits per heavy atom. The van der Waals surface area contributed by atoms with Crippen LogP contribution in [0.3, 0.4) is 0 Å². The van der Waals surface area contributed by atoms with Gasteiger partial charge in [-0.2, -0.15) is 0 Å². The number of rotatable bonds is 5. The van der Waals surface area contributed by atoms with Crippen molar-refractivity contribution in [2.45, 2.75) is 18.4 Å². The summed E-state index contributed by atoms with van der Waals surface area (Å²) < 4.78 is 28.2. The Hall–Kier alpha value is -0.600. The molecule has 2 rings (SSSR count).